The molecule has 2 rings (SSSR count). The third-order valence-electron chi connectivity index (χ3n) is 2.25. The number of aromatic nitrogens is 1. The zero-order valence-electron chi connectivity index (χ0n) is 9.58. The van der Waals surface area contributed by atoms with Crippen molar-refractivity contribution in [2.24, 2.45) is 0 Å². The molecule has 0 spiro atoms. The van der Waals surface area contributed by atoms with Crippen LogP contribution in [-0.4, -0.2) is 12.1 Å². The van der Waals surface area contributed by atoms with E-state index in [2.05, 4.69) is 26.2 Å². The fraction of sp³-hybridized carbons (Fsp3) is 0.0833. The first kappa shape index (κ1) is 13.0. The molecule has 0 aliphatic rings. The molecule has 1 aromatic heterocycles. The molecule has 6 heteroatoms. The molecule has 0 radical (unpaired) electrons. The first-order chi connectivity index (χ1) is 8.58. The maximum absolute atomic E-state index is 5.83. The number of methoxy groups -OCH3 is 1. The van der Waals surface area contributed by atoms with Gasteiger partial charge >= 0.3 is 0 Å². The smallest absolute Gasteiger partial charge is 0.153 e. The van der Waals surface area contributed by atoms with Gasteiger partial charge in [0.25, 0.3) is 0 Å². The zero-order chi connectivity index (χ0) is 13.1. The van der Waals surface area contributed by atoms with Gasteiger partial charge in [0, 0.05) is 22.4 Å². The van der Waals surface area contributed by atoms with Crippen LogP contribution in [0.3, 0.4) is 0 Å². The van der Waals surface area contributed by atoms with Crippen molar-refractivity contribution in [2.45, 2.75) is 0 Å². The Bertz CT molecular complexity index is 577. The number of nitrogens with one attached hydrogen (secondary N) is 1. The summed E-state index contributed by atoms with van der Waals surface area (Å²) in [6.45, 7) is 0. The van der Waals surface area contributed by atoms with Crippen molar-refractivity contribution in [1.82, 2.24) is 4.98 Å². The van der Waals surface area contributed by atoms with Gasteiger partial charge < -0.3 is 15.8 Å². The Kier molecular flexibility index (Phi) is 3.93. The SMILES string of the molecule is COc1cc(Br)cc(Nc2ncc(Cl)cc2N)c1. The fourth-order valence-electron chi connectivity index (χ4n) is 1.45. The number of anilines is 3. The van der Waals surface area contributed by atoms with Crippen LogP contribution in [0.2, 0.25) is 5.02 Å². The monoisotopic (exact) mass is 327 g/mol. The van der Waals surface area contributed by atoms with Gasteiger partial charge in [0.1, 0.15) is 5.75 Å². The van der Waals surface area contributed by atoms with Gasteiger partial charge in [0.05, 0.1) is 17.8 Å². The van der Waals surface area contributed by atoms with Gasteiger partial charge in [-0.05, 0) is 18.2 Å². The maximum Gasteiger partial charge on any atom is 0.153 e. The number of nitrogens with two attached hydrogens (primary N) is 1. The van der Waals surface area contributed by atoms with E-state index in [0.717, 1.165) is 15.9 Å². The van der Waals surface area contributed by atoms with Gasteiger partial charge in [0.15, 0.2) is 5.82 Å². The highest BCUT2D eigenvalue weighted by Gasteiger charge is 2.04. The summed E-state index contributed by atoms with van der Waals surface area (Å²) in [4.78, 5) is 4.13. The highest BCUT2D eigenvalue weighted by atomic mass is 79.9. The van der Waals surface area contributed by atoms with Crippen molar-refractivity contribution >= 4 is 44.7 Å². The minimum Gasteiger partial charge on any atom is -0.497 e. The van der Waals surface area contributed by atoms with Crippen molar-refractivity contribution in [1.29, 1.82) is 0 Å². The third kappa shape index (κ3) is 3.05. The number of halogens is 2. The van der Waals surface area contributed by atoms with Crippen LogP contribution >= 0.6 is 27.5 Å². The van der Waals surface area contributed by atoms with E-state index in [1.54, 1.807) is 13.2 Å². The van der Waals surface area contributed by atoms with Gasteiger partial charge in [0.2, 0.25) is 0 Å². The van der Waals surface area contributed by atoms with Crippen molar-refractivity contribution in [3.8, 4) is 5.75 Å². The molecule has 1 heterocycles. The Morgan fingerprint density at radius 1 is 1.33 bits per heavy atom. The van der Waals surface area contributed by atoms with Gasteiger partial charge in [-0.3, -0.25) is 0 Å². The number of rotatable bonds is 3. The average Bonchev–Trinajstić information content (AvgIpc) is 2.32. The van der Waals surface area contributed by atoms with E-state index in [9.17, 15) is 0 Å². The van der Waals surface area contributed by atoms with E-state index in [4.69, 9.17) is 22.1 Å². The molecule has 0 fully saturated rings. The van der Waals surface area contributed by atoms with Crippen molar-refractivity contribution < 1.29 is 4.74 Å². The van der Waals surface area contributed by atoms with Crippen LogP contribution in [-0.2, 0) is 0 Å². The zero-order valence-corrected chi connectivity index (χ0v) is 11.9. The lowest BCUT2D eigenvalue weighted by atomic mass is 10.3. The van der Waals surface area contributed by atoms with Crippen LogP contribution in [0.1, 0.15) is 0 Å². The summed E-state index contributed by atoms with van der Waals surface area (Å²) >= 11 is 9.20. The van der Waals surface area contributed by atoms with E-state index >= 15 is 0 Å². The van der Waals surface area contributed by atoms with E-state index in [0.29, 0.717) is 16.5 Å². The molecule has 1 aromatic carbocycles. The Hall–Kier alpha value is -1.46. The fourth-order valence-corrected chi connectivity index (χ4v) is 2.09. The van der Waals surface area contributed by atoms with Gasteiger partial charge in [-0.1, -0.05) is 27.5 Å². The number of nitrogens with zero attached hydrogens (tertiary/aromatic N) is 1. The van der Waals surface area contributed by atoms with Crippen molar-refractivity contribution in [2.75, 3.05) is 18.2 Å². The summed E-state index contributed by atoms with van der Waals surface area (Å²) in [5.74, 6) is 1.29. The van der Waals surface area contributed by atoms with Gasteiger partial charge in [-0.2, -0.15) is 0 Å². The lowest BCUT2D eigenvalue weighted by Gasteiger charge is -2.10. The maximum atomic E-state index is 5.83. The average molecular weight is 329 g/mol. The minimum absolute atomic E-state index is 0.487. The lowest BCUT2D eigenvalue weighted by Crippen LogP contribution is -1.99. The third-order valence-corrected chi connectivity index (χ3v) is 2.92. The molecule has 94 valence electrons. The van der Waals surface area contributed by atoms with Crippen LogP contribution in [0.25, 0.3) is 0 Å². The second-order valence-corrected chi connectivity index (χ2v) is 4.95. The Morgan fingerprint density at radius 2 is 2.11 bits per heavy atom. The molecule has 18 heavy (non-hydrogen) atoms. The molecule has 2 aromatic rings. The highest BCUT2D eigenvalue weighted by molar-refractivity contribution is 9.10. The molecule has 3 N–H and O–H groups in total. The number of hydrogen-bond donors (Lipinski definition) is 2. The summed E-state index contributed by atoms with van der Waals surface area (Å²) in [7, 11) is 1.61. The largest absolute Gasteiger partial charge is 0.497 e. The molecule has 0 saturated heterocycles. The Labute approximate surface area is 118 Å². The second kappa shape index (κ2) is 5.46. The van der Waals surface area contributed by atoms with Crippen LogP contribution in [0.15, 0.2) is 34.9 Å². The number of hydrogen-bond acceptors (Lipinski definition) is 4. The number of benzene rings is 1. The second-order valence-electron chi connectivity index (χ2n) is 3.60. The quantitative estimate of drug-likeness (QED) is 0.899. The number of ether oxygens (including phenoxy) is 1. The van der Waals surface area contributed by atoms with Crippen LogP contribution in [0.4, 0.5) is 17.2 Å². The molecule has 0 amide bonds. The Balaban J connectivity index is 2.30. The highest BCUT2D eigenvalue weighted by Crippen LogP contribution is 2.28. The lowest BCUT2D eigenvalue weighted by molar-refractivity contribution is 0.415. The summed E-state index contributed by atoms with van der Waals surface area (Å²) in [6.07, 6.45) is 1.54. The van der Waals surface area contributed by atoms with Gasteiger partial charge in [-0.15, -0.1) is 0 Å². The Morgan fingerprint density at radius 3 is 2.78 bits per heavy atom. The predicted octanol–water partition coefficient (Wildman–Crippen LogP) is 3.83. The van der Waals surface area contributed by atoms with Gasteiger partial charge in [-0.25, -0.2) is 4.98 Å². The van der Waals surface area contributed by atoms with Crippen LogP contribution in [0.5, 0.6) is 5.75 Å². The summed E-state index contributed by atoms with van der Waals surface area (Å²) in [5.41, 5.74) is 7.13. The van der Waals surface area contributed by atoms with Crippen molar-refractivity contribution in [3.63, 3.8) is 0 Å². The minimum atomic E-state index is 0.487. The molecule has 0 atom stereocenters. The van der Waals surface area contributed by atoms with Crippen molar-refractivity contribution in [3.05, 3.63) is 40.0 Å². The normalized spacial score (nSPS) is 10.2. The van der Waals surface area contributed by atoms with E-state index in [-0.39, 0.29) is 0 Å². The molecule has 0 aliphatic heterocycles. The van der Waals surface area contributed by atoms with E-state index < -0.39 is 0 Å². The first-order valence-electron chi connectivity index (χ1n) is 5.11. The molecule has 0 aliphatic carbocycles. The van der Waals surface area contributed by atoms with Crippen LogP contribution < -0.4 is 15.8 Å². The molecule has 0 unspecified atom stereocenters. The topological polar surface area (TPSA) is 60.2 Å². The molecular formula is C12H11BrClN3O. The molecule has 0 bridgehead atoms. The van der Waals surface area contributed by atoms with E-state index in [1.165, 1.54) is 6.20 Å². The summed E-state index contributed by atoms with van der Waals surface area (Å²) in [5, 5.41) is 3.61. The standard InChI is InChI=1S/C12H11BrClN3O/c1-18-10-3-7(13)2-9(5-10)17-12-11(15)4-8(14)6-16-12/h2-6H,15H2,1H3,(H,16,17). The predicted molar refractivity (Wildman–Crippen MR) is 77.6 cm³/mol. The van der Waals surface area contributed by atoms with Crippen LogP contribution in [0, 0.1) is 0 Å². The molecule has 4 nitrogen and oxygen atoms in total. The summed E-state index contributed by atoms with van der Waals surface area (Å²) in [6, 6.07) is 7.26. The molecule has 0 saturated carbocycles. The number of pyridine rings is 1. The number of nitrogen functional groups attached to an aromatic ring is 1. The first-order valence-corrected chi connectivity index (χ1v) is 6.28. The summed E-state index contributed by atoms with van der Waals surface area (Å²) < 4.78 is 6.08. The molecular weight excluding hydrogens is 318 g/mol. The van der Waals surface area contributed by atoms with E-state index in [1.807, 2.05) is 18.2 Å².